The van der Waals surface area contributed by atoms with Crippen LogP contribution in [0.1, 0.15) is 39.6 Å². The number of amides is 2. The third-order valence-electron chi connectivity index (χ3n) is 3.32. The topological polar surface area (TPSA) is 58.2 Å². The number of rotatable bonds is 6. The Hall–Kier alpha value is -2.33. The fourth-order valence-corrected chi connectivity index (χ4v) is 2.26. The largest absolute Gasteiger partial charge is 0.352 e. The van der Waals surface area contributed by atoms with Crippen LogP contribution in [0, 0.1) is 0 Å². The van der Waals surface area contributed by atoms with Gasteiger partial charge in [-0.05, 0) is 36.2 Å². The normalized spacial score (nSPS) is 10.2. The summed E-state index contributed by atoms with van der Waals surface area (Å²) >= 11 is 6.06. The number of carbonyl (C=O) groups excluding carboxylic acids is 2. The van der Waals surface area contributed by atoms with Crippen molar-refractivity contribution in [1.82, 2.24) is 10.6 Å². The van der Waals surface area contributed by atoms with Gasteiger partial charge in [-0.15, -0.1) is 0 Å². The molecule has 2 rings (SSSR count). The third kappa shape index (κ3) is 4.83. The van der Waals surface area contributed by atoms with Crippen LogP contribution in [-0.2, 0) is 6.54 Å². The van der Waals surface area contributed by atoms with E-state index in [1.165, 1.54) is 0 Å². The Morgan fingerprint density at radius 2 is 1.61 bits per heavy atom. The van der Waals surface area contributed by atoms with E-state index in [-0.39, 0.29) is 11.8 Å². The van der Waals surface area contributed by atoms with Gasteiger partial charge in [-0.1, -0.05) is 42.8 Å². The lowest BCUT2D eigenvalue weighted by Crippen LogP contribution is -2.26. The Kier molecular flexibility index (Phi) is 6.18. The second-order valence-corrected chi connectivity index (χ2v) is 5.52. The van der Waals surface area contributed by atoms with E-state index in [1.54, 1.807) is 30.3 Å². The molecule has 0 heterocycles. The zero-order valence-electron chi connectivity index (χ0n) is 12.9. The van der Waals surface area contributed by atoms with Crippen molar-refractivity contribution in [3.63, 3.8) is 0 Å². The number of hydrogen-bond acceptors (Lipinski definition) is 2. The first-order valence-electron chi connectivity index (χ1n) is 7.51. The first kappa shape index (κ1) is 17.0. The molecule has 0 aliphatic rings. The van der Waals surface area contributed by atoms with E-state index in [2.05, 4.69) is 10.6 Å². The van der Waals surface area contributed by atoms with E-state index >= 15 is 0 Å². The zero-order valence-corrected chi connectivity index (χ0v) is 13.7. The van der Waals surface area contributed by atoms with Gasteiger partial charge in [0.15, 0.2) is 0 Å². The molecule has 5 heteroatoms. The maximum atomic E-state index is 12.2. The molecule has 4 nitrogen and oxygen atoms in total. The maximum Gasteiger partial charge on any atom is 0.251 e. The Morgan fingerprint density at radius 3 is 2.26 bits per heavy atom. The molecular formula is C18H19ClN2O2. The van der Waals surface area contributed by atoms with Gasteiger partial charge < -0.3 is 10.6 Å². The molecule has 2 aromatic rings. The quantitative estimate of drug-likeness (QED) is 0.852. The van der Waals surface area contributed by atoms with Gasteiger partial charge in [-0.2, -0.15) is 0 Å². The van der Waals surface area contributed by atoms with Gasteiger partial charge in [0.25, 0.3) is 11.8 Å². The summed E-state index contributed by atoms with van der Waals surface area (Å²) in [6, 6.07) is 14.0. The van der Waals surface area contributed by atoms with Crippen molar-refractivity contribution in [2.45, 2.75) is 19.9 Å². The third-order valence-corrected chi connectivity index (χ3v) is 3.69. The number of hydrogen-bond donors (Lipinski definition) is 2. The lowest BCUT2D eigenvalue weighted by molar-refractivity contribution is 0.0951. The van der Waals surface area contributed by atoms with Crippen LogP contribution in [0.2, 0.25) is 5.02 Å². The first-order chi connectivity index (χ1) is 11.1. The summed E-state index contributed by atoms with van der Waals surface area (Å²) in [7, 11) is 0. The number of carbonyl (C=O) groups is 2. The number of nitrogens with one attached hydrogen (secondary N) is 2. The monoisotopic (exact) mass is 330 g/mol. The molecule has 2 amide bonds. The summed E-state index contributed by atoms with van der Waals surface area (Å²) in [5.74, 6) is -0.414. The average Bonchev–Trinajstić information content (AvgIpc) is 2.58. The molecule has 0 unspecified atom stereocenters. The molecule has 0 aromatic heterocycles. The van der Waals surface area contributed by atoms with Crippen molar-refractivity contribution in [2.24, 2.45) is 0 Å². The van der Waals surface area contributed by atoms with Gasteiger partial charge in [0, 0.05) is 29.2 Å². The summed E-state index contributed by atoms with van der Waals surface area (Å²) in [6.07, 6.45) is 0.865. The predicted molar refractivity (Wildman–Crippen MR) is 91.7 cm³/mol. The molecule has 0 spiro atoms. The fourth-order valence-electron chi connectivity index (χ4n) is 2.06. The highest BCUT2D eigenvalue weighted by Gasteiger charge is 2.10. The molecule has 0 atom stereocenters. The molecule has 0 aliphatic heterocycles. The molecule has 0 bridgehead atoms. The molecule has 120 valence electrons. The number of halogens is 1. The van der Waals surface area contributed by atoms with E-state index in [4.69, 9.17) is 11.6 Å². The Balaban J connectivity index is 2.02. The maximum absolute atomic E-state index is 12.2. The molecule has 2 aromatic carbocycles. The highest BCUT2D eigenvalue weighted by atomic mass is 35.5. The van der Waals surface area contributed by atoms with Gasteiger partial charge in [-0.25, -0.2) is 0 Å². The van der Waals surface area contributed by atoms with Crippen molar-refractivity contribution in [2.75, 3.05) is 6.54 Å². The minimum absolute atomic E-state index is 0.174. The van der Waals surface area contributed by atoms with E-state index in [9.17, 15) is 9.59 Å². The van der Waals surface area contributed by atoms with Crippen LogP contribution in [0.5, 0.6) is 0 Å². The molecule has 0 radical (unpaired) electrons. The van der Waals surface area contributed by atoms with E-state index in [0.29, 0.717) is 29.2 Å². The summed E-state index contributed by atoms with van der Waals surface area (Å²) in [4.78, 5) is 24.2. The van der Waals surface area contributed by atoms with Crippen LogP contribution in [0.3, 0.4) is 0 Å². The second-order valence-electron chi connectivity index (χ2n) is 5.11. The summed E-state index contributed by atoms with van der Waals surface area (Å²) in [5.41, 5.74) is 1.77. The van der Waals surface area contributed by atoms with E-state index in [1.807, 2.05) is 25.1 Å². The molecule has 0 aliphatic carbocycles. The van der Waals surface area contributed by atoms with Crippen LogP contribution in [-0.4, -0.2) is 18.4 Å². The minimum atomic E-state index is -0.241. The van der Waals surface area contributed by atoms with Crippen LogP contribution in [0.15, 0.2) is 48.5 Å². The number of benzene rings is 2. The lowest BCUT2D eigenvalue weighted by atomic mass is 10.1. The fraction of sp³-hybridized carbons (Fsp3) is 0.222. The second kappa shape index (κ2) is 8.34. The summed E-state index contributed by atoms with van der Waals surface area (Å²) < 4.78 is 0. The van der Waals surface area contributed by atoms with Gasteiger partial charge in [0.1, 0.15) is 0 Å². The van der Waals surface area contributed by atoms with Crippen molar-refractivity contribution >= 4 is 23.4 Å². The van der Waals surface area contributed by atoms with Crippen LogP contribution in [0.25, 0.3) is 0 Å². The van der Waals surface area contributed by atoms with Crippen molar-refractivity contribution in [3.05, 3.63) is 70.2 Å². The minimum Gasteiger partial charge on any atom is -0.352 e. The van der Waals surface area contributed by atoms with Crippen LogP contribution >= 0.6 is 11.6 Å². The molecule has 0 fully saturated rings. The zero-order chi connectivity index (χ0) is 16.7. The Bertz CT molecular complexity index is 701. The standard InChI is InChI=1S/C18H19ClN2O2/c1-2-10-20-17(22)13-7-5-8-14(11-13)18(23)21-12-15-6-3-4-9-16(15)19/h3-9,11H,2,10,12H2,1H3,(H,20,22)(H,21,23). The highest BCUT2D eigenvalue weighted by molar-refractivity contribution is 6.31. The van der Waals surface area contributed by atoms with Crippen molar-refractivity contribution in [1.29, 1.82) is 0 Å². The highest BCUT2D eigenvalue weighted by Crippen LogP contribution is 2.14. The first-order valence-corrected chi connectivity index (χ1v) is 7.89. The van der Waals surface area contributed by atoms with E-state index < -0.39 is 0 Å². The SMILES string of the molecule is CCCNC(=O)c1cccc(C(=O)NCc2ccccc2Cl)c1. The average molecular weight is 331 g/mol. The van der Waals surface area contributed by atoms with Crippen molar-refractivity contribution in [3.8, 4) is 0 Å². The molecular weight excluding hydrogens is 312 g/mol. The summed E-state index contributed by atoms with van der Waals surface area (Å²) in [5, 5.41) is 6.21. The van der Waals surface area contributed by atoms with Gasteiger partial charge >= 0.3 is 0 Å². The Morgan fingerprint density at radius 1 is 0.957 bits per heavy atom. The predicted octanol–water partition coefficient (Wildman–Crippen LogP) is 3.41. The van der Waals surface area contributed by atoms with Gasteiger partial charge in [0.2, 0.25) is 0 Å². The smallest absolute Gasteiger partial charge is 0.251 e. The molecule has 2 N–H and O–H groups in total. The Labute approximate surface area is 140 Å². The van der Waals surface area contributed by atoms with Gasteiger partial charge in [0.05, 0.1) is 0 Å². The molecule has 0 saturated carbocycles. The molecule has 23 heavy (non-hydrogen) atoms. The lowest BCUT2D eigenvalue weighted by Gasteiger charge is -2.08. The van der Waals surface area contributed by atoms with Crippen LogP contribution in [0.4, 0.5) is 0 Å². The summed E-state index contributed by atoms with van der Waals surface area (Å²) in [6.45, 7) is 2.94. The van der Waals surface area contributed by atoms with Crippen molar-refractivity contribution < 1.29 is 9.59 Å². The van der Waals surface area contributed by atoms with Crippen LogP contribution < -0.4 is 10.6 Å². The van der Waals surface area contributed by atoms with E-state index in [0.717, 1.165) is 12.0 Å². The van der Waals surface area contributed by atoms with Gasteiger partial charge in [-0.3, -0.25) is 9.59 Å². The molecule has 0 saturated heterocycles.